The number of aryl methyl sites for hydroxylation is 1. The first-order chi connectivity index (χ1) is 16.8. The molecule has 0 aromatic heterocycles. The van der Waals surface area contributed by atoms with Crippen LogP contribution >= 0.6 is 0 Å². The third kappa shape index (κ3) is 6.22. The molecule has 0 saturated carbocycles. The topological polar surface area (TPSA) is 82.1 Å². The maximum Gasteiger partial charge on any atom is 0.271 e. The van der Waals surface area contributed by atoms with Crippen LogP contribution in [0.4, 0.5) is 5.69 Å². The molecule has 3 aromatic carbocycles. The Kier molecular flexibility index (Phi) is 8.54. The van der Waals surface area contributed by atoms with E-state index in [9.17, 15) is 13.2 Å². The van der Waals surface area contributed by atoms with Crippen molar-refractivity contribution in [3.8, 4) is 17.2 Å². The average Bonchev–Trinajstić information content (AvgIpc) is 2.85. The van der Waals surface area contributed by atoms with Gasteiger partial charge in [-0.1, -0.05) is 23.8 Å². The van der Waals surface area contributed by atoms with Gasteiger partial charge in [0.1, 0.15) is 5.75 Å². The molecular formula is C27H29NO6S. The van der Waals surface area contributed by atoms with Crippen LogP contribution in [0, 0.1) is 6.92 Å². The minimum absolute atomic E-state index is 0.0153. The molecule has 3 rings (SSSR count). The summed E-state index contributed by atoms with van der Waals surface area (Å²) in [5, 5.41) is 0. The maximum atomic E-state index is 13.5. The maximum absolute atomic E-state index is 13.5. The van der Waals surface area contributed by atoms with Crippen molar-refractivity contribution in [2.75, 3.05) is 24.6 Å². The predicted octanol–water partition coefficient (Wildman–Crippen LogP) is 5.24. The second-order valence-corrected chi connectivity index (χ2v) is 9.31. The molecule has 0 saturated heterocycles. The third-order valence-electron chi connectivity index (χ3n) is 5.05. The summed E-state index contributed by atoms with van der Waals surface area (Å²) in [6.45, 7) is 6.54. The first-order valence-electron chi connectivity index (χ1n) is 11.2. The van der Waals surface area contributed by atoms with Gasteiger partial charge in [-0.25, -0.2) is 8.42 Å². The Balaban J connectivity index is 2.00. The summed E-state index contributed by atoms with van der Waals surface area (Å²) in [6.07, 6.45) is 2.75. The lowest BCUT2D eigenvalue weighted by molar-refractivity contribution is -0.113. The largest absolute Gasteiger partial charge is 0.494 e. The van der Waals surface area contributed by atoms with Crippen LogP contribution < -0.4 is 18.5 Å². The summed E-state index contributed by atoms with van der Waals surface area (Å²) in [7, 11) is -2.65. The van der Waals surface area contributed by atoms with E-state index in [4.69, 9.17) is 14.2 Å². The van der Waals surface area contributed by atoms with Gasteiger partial charge in [-0.3, -0.25) is 4.79 Å². The van der Waals surface area contributed by atoms with Gasteiger partial charge in [0.15, 0.2) is 11.5 Å². The van der Waals surface area contributed by atoms with Crippen LogP contribution in [0.1, 0.15) is 25.0 Å². The SMILES string of the molecule is CCOc1ccc(N(C(=O)/C=C/c2ccc(OCC)c(OC)c2)S(=O)(=O)c2ccc(C)cc2)cc1. The van der Waals surface area contributed by atoms with Gasteiger partial charge in [-0.2, -0.15) is 4.31 Å². The lowest BCUT2D eigenvalue weighted by Gasteiger charge is -2.22. The Morgan fingerprint density at radius 1 is 0.886 bits per heavy atom. The summed E-state index contributed by atoms with van der Waals surface area (Å²) in [6, 6.07) is 17.9. The van der Waals surface area contributed by atoms with E-state index in [-0.39, 0.29) is 10.6 Å². The molecule has 0 aliphatic heterocycles. The second kappa shape index (κ2) is 11.6. The Bertz CT molecular complexity index is 1280. The molecule has 0 aliphatic carbocycles. The molecule has 8 heteroatoms. The van der Waals surface area contributed by atoms with E-state index in [0.717, 1.165) is 9.87 Å². The Hall–Kier alpha value is -3.78. The van der Waals surface area contributed by atoms with E-state index >= 15 is 0 Å². The highest BCUT2D eigenvalue weighted by Gasteiger charge is 2.29. The van der Waals surface area contributed by atoms with Crippen LogP contribution in [-0.4, -0.2) is 34.6 Å². The number of carbonyl (C=O) groups excluding carboxylic acids is 1. The van der Waals surface area contributed by atoms with Gasteiger partial charge in [-0.15, -0.1) is 0 Å². The Morgan fingerprint density at radius 3 is 2.14 bits per heavy atom. The van der Waals surface area contributed by atoms with Crippen molar-refractivity contribution in [3.63, 3.8) is 0 Å². The van der Waals surface area contributed by atoms with Crippen molar-refractivity contribution < 1.29 is 27.4 Å². The minimum Gasteiger partial charge on any atom is -0.494 e. The Morgan fingerprint density at radius 2 is 1.54 bits per heavy atom. The monoisotopic (exact) mass is 495 g/mol. The molecule has 35 heavy (non-hydrogen) atoms. The number of methoxy groups -OCH3 is 1. The van der Waals surface area contributed by atoms with Gasteiger partial charge >= 0.3 is 0 Å². The van der Waals surface area contributed by atoms with E-state index < -0.39 is 15.9 Å². The number of benzene rings is 3. The zero-order valence-electron chi connectivity index (χ0n) is 20.2. The van der Waals surface area contributed by atoms with E-state index in [2.05, 4.69) is 0 Å². The highest BCUT2D eigenvalue weighted by molar-refractivity contribution is 7.93. The minimum atomic E-state index is -4.18. The van der Waals surface area contributed by atoms with E-state index in [1.807, 2.05) is 20.8 Å². The molecule has 0 spiro atoms. The van der Waals surface area contributed by atoms with Crippen LogP contribution in [0.2, 0.25) is 0 Å². The second-order valence-electron chi connectivity index (χ2n) is 7.52. The number of anilines is 1. The molecule has 3 aromatic rings. The lowest BCUT2D eigenvalue weighted by Crippen LogP contribution is -2.35. The first-order valence-corrected chi connectivity index (χ1v) is 12.6. The molecule has 0 aliphatic rings. The van der Waals surface area contributed by atoms with Crippen molar-refractivity contribution in [2.45, 2.75) is 25.7 Å². The number of hydrogen-bond donors (Lipinski definition) is 0. The molecular weight excluding hydrogens is 466 g/mol. The standard InChI is InChI=1S/C27H29NO6S/c1-5-33-23-13-11-22(12-14-23)28(35(30,31)24-15-7-20(3)8-16-24)27(29)18-10-21-9-17-25(34-6-2)26(19-21)32-4/h7-19H,5-6H2,1-4H3/b18-10+. The average molecular weight is 496 g/mol. The Labute approximate surface area is 206 Å². The number of carbonyl (C=O) groups is 1. The molecule has 0 bridgehead atoms. The van der Waals surface area contributed by atoms with Gasteiger partial charge in [0.2, 0.25) is 0 Å². The molecule has 0 atom stereocenters. The van der Waals surface area contributed by atoms with Crippen LogP contribution in [0.25, 0.3) is 6.08 Å². The molecule has 0 fully saturated rings. The van der Waals surface area contributed by atoms with Crippen molar-refractivity contribution in [1.82, 2.24) is 0 Å². The summed E-state index contributed by atoms with van der Waals surface area (Å²) in [5.41, 5.74) is 1.76. The number of ether oxygens (including phenoxy) is 3. The number of hydrogen-bond acceptors (Lipinski definition) is 6. The van der Waals surface area contributed by atoms with E-state index in [1.54, 1.807) is 54.6 Å². The smallest absolute Gasteiger partial charge is 0.271 e. The van der Waals surface area contributed by atoms with Crippen LogP contribution in [0.15, 0.2) is 77.7 Å². The van der Waals surface area contributed by atoms with Crippen molar-refractivity contribution in [3.05, 3.63) is 83.9 Å². The van der Waals surface area contributed by atoms with E-state index in [1.165, 1.54) is 31.4 Å². The van der Waals surface area contributed by atoms with Crippen molar-refractivity contribution in [2.24, 2.45) is 0 Å². The number of sulfonamides is 1. The van der Waals surface area contributed by atoms with Gasteiger partial charge in [0.25, 0.3) is 15.9 Å². The molecule has 0 heterocycles. The fourth-order valence-corrected chi connectivity index (χ4v) is 4.73. The molecule has 1 amide bonds. The van der Waals surface area contributed by atoms with Crippen LogP contribution in [0.5, 0.6) is 17.2 Å². The summed E-state index contributed by atoms with van der Waals surface area (Å²) < 4.78 is 44.2. The molecule has 0 radical (unpaired) electrons. The van der Waals surface area contributed by atoms with Gasteiger partial charge < -0.3 is 14.2 Å². The lowest BCUT2D eigenvalue weighted by atomic mass is 10.2. The number of rotatable bonds is 10. The zero-order chi connectivity index (χ0) is 25.4. The predicted molar refractivity (Wildman–Crippen MR) is 137 cm³/mol. The molecule has 0 unspecified atom stereocenters. The molecule has 0 N–H and O–H groups in total. The van der Waals surface area contributed by atoms with Crippen molar-refractivity contribution >= 4 is 27.7 Å². The summed E-state index contributed by atoms with van der Waals surface area (Å²) in [5.74, 6) is 0.949. The molecule has 7 nitrogen and oxygen atoms in total. The highest BCUT2D eigenvalue weighted by Crippen LogP contribution is 2.30. The van der Waals surface area contributed by atoms with Crippen molar-refractivity contribution in [1.29, 1.82) is 0 Å². The zero-order valence-corrected chi connectivity index (χ0v) is 21.0. The third-order valence-corrected chi connectivity index (χ3v) is 6.79. The number of amides is 1. The highest BCUT2D eigenvalue weighted by atomic mass is 32.2. The number of nitrogens with zero attached hydrogens (tertiary/aromatic N) is 1. The van der Waals surface area contributed by atoms with Gasteiger partial charge in [0, 0.05) is 6.08 Å². The van der Waals surface area contributed by atoms with Gasteiger partial charge in [-0.05, 0) is 80.9 Å². The van der Waals surface area contributed by atoms with Crippen LogP contribution in [-0.2, 0) is 14.8 Å². The fraction of sp³-hybridized carbons (Fsp3) is 0.222. The summed E-state index contributed by atoms with van der Waals surface area (Å²) in [4.78, 5) is 13.3. The normalized spacial score (nSPS) is 11.3. The summed E-state index contributed by atoms with van der Waals surface area (Å²) >= 11 is 0. The fourth-order valence-electron chi connectivity index (χ4n) is 3.34. The van der Waals surface area contributed by atoms with Gasteiger partial charge in [0.05, 0.1) is 30.9 Å². The van der Waals surface area contributed by atoms with Crippen LogP contribution in [0.3, 0.4) is 0 Å². The first kappa shape index (κ1) is 25.8. The molecule has 184 valence electrons. The van der Waals surface area contributed by atoms with E-state index in [0.29, 0.717) is 36.0 Å². The quantitative estimate of drug-likeness (QED) is 0.358.